The highest BCUT2D eigenvalue weighted by Crippen LogP contribution is 2.30. The maximum atomic E-state index is 12.2. The first-order valence-electron chi connectivity index (χ1n) is 4.94. The van der Waals surface area contributed by atoms with Crippen LogP contribution in [0.25, 0.3) is 0 Å². The highest BCUT2D eigenvalue weighted by molar-refractivity contribution is 5.93. The molecule has 102 valence electrons. The molecule has 0 heterocycles. The second-order valence-corrected chi connectivity index (χ2v) is 3.32. The number of carbonyl (C=O) groups is 1. The molecule has 8 heteroatoms. The van der Waals surface area contributed by atoms with Gasteiger partial charge >= 0.3 is 12.3 Å². The number of nitrogens with zero attached hydrogens (tertiary/aromatic N) is 1. The Hall–Kier alpha value is -2.27. The molecular formula is C11H9F3N2O3. The van der Waals surface area contributed by atoms with Crippen molar-refractivity contribution in [2.75, 3.05) is 7.11 Å². The number of hydrogen-bond acceptors (Lipinski definition) is 5. The molecule has 0 atom stereocenters. The van der Waals surface area contributed by atoms with Crippen LogP contribution < -0.4 is 10.5 Å². The van der Waals surface area contributed by atoms with Gasteiger partial charge in [-0.3, -0.25) is 0 Å². The zero-order valence-electron chi connectivity index (χ0n) is 9.75. The molecule has 1 aromatic carbocycles. The van der Waals surface area contributed by atoms with Gasteiger partial charge in [0.25, 0.3) is 0 Å². The van der Waals surface area contributed by atoms with E-state index in [1.54, 1.807) is 6.07 Å². The number of benzene rings is 1. The molecule has 0 saturated heterocycles. The highest BCUT2D eigenvalue weighted by Gasteiger charge is 2.33. The van der Waals surface area contributed by atoms with Gasteiger partial charge < -0.3 is 15.2 Å². The summed E-state index contributed by atoms with van der Waals surface area (Å²) in [5, 5.41) is 8.95. The molecule has 0 bridgehead atoms. The lowest BCUT2D eigenvalue weighted by Crippen LogP contribution is -2.20. The summed E-state index contributed by atoms with van der Waals surface area (Å²) in [6, 6.07) is 3.57. The molecule has 2 N–H and O–H groups in total. The molecule has 5 nitrogen and oxygen atoms in total. The third kappa shape index (κ3) is 3.35. The summed E-state index contributed by atoms with van der Waals surface area (Å²) in [4.78, 5) is 11.4. The molecule has 0 aliphatic carbocycles. The monoisotopic (exact) mass is 274 g/mol. The fraction of sp³-hybridized carbons (Fsp3) is 0.273. The van der Waals surface area contributed by atoms with Gasteiger partial charge in [0, 0.05) is 12.1 Å². The summed E-state index contributed by atoms with van der Waals surface area (Å²) in [6.07, 6.45) is -4.91. The number of esters is 1. The van der Waals surface area contributed by atoms with E-state index < -0.39 is 18.1 Å². The van der Waals surface area contributed by atoms with Crippen LogP contribution in [0.3, 0.4) is 0 Å². The van der Waals surface area contributed by atoms with Crippen LogP contribution in [0.15, 0.2) is 12.1 Å². The molecule has 0 aromatic heterocycles. The van der Waals surface area contributed by atoms with Gasteiger partial charge in [-0.25, -0.2) is 4.79 Å². The van der Waals surface area contributed by atoms with Crippen LogP contribution in [0, 0.1) is 11.3 Å². The number of methoxy groups -OCH3 is 1. The molecule has 0 amide bonds. The van der Waals surface area contributed by atoms with Gasteiger partial charge in [0.2, 0.25) is 0 Å². The number of halogens is 3. The molecule has 0 fully saturated rings. The second-order valence-electron chi connectivity index (χ2n) is 3.32. The minimum Gasteiger partial charge on any atom is -0.465 e. The van der Waals surface area contributed by atoms with E-state index in [0.29, 0.717) is 0 Å². The number of ether oxygens (including phenoxy) is 2. The van der Waals surface area contributed by atoms with Crippen LogP contribution in [0.4, 0.5) is 13.2 Å². The van der Waals surface area contributed by atoms with E-state index in [1.807, 2.05) is 0 Å². The van der Waals surface area contributed by atoms with E-state index in [9.17, 15) is 18.0 Å². The molecule has 0 aliphatic rings. The van der Waals surface area contributed by atoms with Crippen LogP contribution >= 0.6 is 0 Å². The Morgan fingerprint density at radius 1 is 1.47 bits per heavy atom. The van der Waals surface area contributed by atoms with Gasteiger partial charge in [-0.2, -0.15) is 5.26 Å². The molecule has 0 radical (unpaired) electrons. The number of nitrogens with two attached hydrogens (primary N) is 1. The maximum absolute atomic E-state index is 12.2. The van der Waals surface area contributed by atoms with Gasteiger partial charge in [0.05, 0.1) is 18.2 Å². The minimum absolute atomic E-state index is 0.167. The highest BCUT2D eigenvalue weighted by atomic mass is 19.4. The summed E-state index contributed by atoms with van der Waals surface area (Å²) in [7, 11) is 1.09. The predicted octanol–water partition coefficient (Wildman–Crippen LogP) is 1.70. The Labute approximate surface area is 106 Å². The van der Waals surface area contributed by atoms with Crippen molar-refractivity contribution in [1.29, 1.82) is 5.26 Å². The number of carbonyl (C=O) groups excluding carboxylic acids is 1. The number of rotatable bonds is 3. The maximum Gasteiger partial charge on any atom is 0.573 e. The Bertz CT molecular complexity index is 535. The van der Waals surface area contributed by atoms with Crippen molar-refractivity contribution in [3.63, 3.8) is 0 Å². The quantitative estimate of drug-likeness (QED) is 0.848. The molecule has 1 rings (SSSR count). The van der Waals surface area contributed by atoms with Gasteiger partial charge in [-0.1, -0.05) is 0 Å². The molecule has 0 aliphatic heterocycles. The third-order valence-corrected chi connectivity index (χ3v) is 2.22. The zero-order valence-corrected chi connectivity index (χ0v) is 9.75. The fourth-order valence-electron chi connectivity index (χ4n) is 1.46. The van der Waals surface area contributed by atoms with Crippen molar-refractivity contribution >= 4 is 5.97 Å². The first-order chi connectivity index (χ1) is 8.84. The number of hydrogen-bond donors (Lipinski definition) is 1. The SMILES string of the molecule is COC(=O)c1ccc(OC(F)(F)F)c(CN)c1C#N. The van der Waals surface area contributed by atoms with E-state index in [-0.39, 0.29) is 23.2 Å². The van der Waals surface area contributed by atoms with E-state index >= 15 is 0 Å². The number of alkyl halides is 3. The normalized spacial score (nSPS) is 10.7. The zero-order chi connectivity index (χ0) is 14.6. The van der Waals surface area contributed by atoms with Crippen molar-refractivity contribution in [2.45, 2.75) is 12.9 Å². The topological polar surface area (TPSA) is 85.3 Å². The van der Waals surface area contributed by atoms with Crippen molar-refractivity contribution < 1.29 is 27.4 Å². The van der Waals surface area contributed by atoms with E-state index in [2.05, 4.69) is 9.47 Å². The first-order valence-corrected chi connectivity index (χ1v) is 4.94. The van der Waals surface area contributed by atoms with Crippen LogP contribution in [-0.4, -0.2) is 19.4 Å². The van der Waals surface area contributed by atoms with Gasteiger partial charge in [-0.05, 0) is 12.1 Å². The summed E-state index contributed by atoms with van der Waals surface area (Å²) in [5.41, 5.74) is 4.64. The molecule has 0 spiro atoms. The lowest BCUT2D eigenvalue weighted by molar-refractivity contribution is -0.274. The van der Waals surface area contributed by atoms with Crippen LogP contribution in [0.5, 0.6) is 5.75 Å². The molecular weight excluding hydrogens is 265 g/mol. The Morgan fingerprint density at radius 3 is 2.53 bits per heavy atom. The summed E-state index contributed by atoms with van der Waals surface area (Å²) >= 11 is 0. The largest absolute Gasteiger partial charge is 0.573 e. The summed E-state index contributed by atoms with van der Waals surface area (Å²) < 4.78 is 44.7. The van der Waals surface area contributed by atoms with Crippen molar-refractivity contribution in [3.05, 3.63) is 28.8 Å². The minimum atomic E-state index is -4.91. The van der Waals surface area contributed by atoms with Crippen LogP contribution in [0.1, 0.15) is 21.5 Å². The first kappa shape index (κ1) is 14.8. The van der Waals surface area contributed by atoms with E-state index in [0.717, 1.165) is 19.2 Å². The third-order valence-electron chi connectivity index (χ3n) is 2.22. The van der Waals surface area contributed by atoms with Gasteiger partial charge in [-0.15, -0.1) is 13.2 Å². The van der Waals surface area contributed by atoms with Crippen molar-refractivity contribution in [2.24, 2.45) is 5.73 Å². The summed E-state index contributed by atoms with van der Waals surface area (Å²) in [6.45, 7) is -0.390. The van der Waals surface area contributed by atoms with Gasteiger partial charge in [0.1, 0.15) is 11.8 Å². The van der Waals surface area contributed by atoms with Crippen molar-refractivity contribution in [3.8, 4) is 11.8 Å². The van der Waals surface area contributed by atoms with Crippen LogP contribution in [-0.2, 0) is 11.3 Å². The lowest BCUT2D eigenvalue weighted by Gasteiger charge is -2.14. The second kappa shape index (κ2) is 5.58. The predicted molar refractivity (Wildman–Crippen MR) is 57.1 cm³/mol. The molecule has 1 aromatic rings. The standard InChI is InChI=1S/C11H9F3N2O3/c1-18-10(17)6-2-3-9(19-11(12,13)14)8(5-16)7(6)4-15/h2-3H,5,16H2,1H3. The Kier molecular flexibility index (Phi) is 4.34. The van der Waals surface area contributed by atoms with Gasteiger partial charge in [0.15, 0.2) is 0 Å². The Balaban J connectivity index is 3.40. The van der Waals surface area contributed by atoms with Crippen molar-refractivity contribution in [1.82, 2.24) is 0 Å². The Morgan fingerprint density at radius 2 is 2.11 bits per heavy atom. The van der Waals surface area contributed by atoms with E-state index in [4.69, 9.17) is 11.0 Å². The summed E-state index contributed by atoms with van der Waals surface area (Å²) in [5.74, 6) is -1.45. The van der Waals surface area contributed by atoms with Crippen LogP contribution in [0.2, 0.25) is 0 Å². The molecule has 19 heavy (non-hydrogen) atoms. The van der Waals surface area contributed by atoms with E-state index in [1.165, 1.54) is 0 Å². The molecule has 0 saturated carbocycles. The molecule has 0 unspecified atom stereocenters. The average molecular weight is 274 g/mol. The average Bonchev–Trinajstić information content (AvgIpc) is 2.35. The fourth-order valence-corrected chi connectivity index (χ4v) is 1.46. The number of nitriles is 1. The lowest BCUT2D eigenvalue weighted by atomic mass is 10.0. The smallest absolute Gasteiger partial charge is 0.465 e.